The average Bonchev–Trinajstić information content (AvgIpc) is 2.65. The van der Waals surface area contributed by atoms with E-state index in [9.17, 15) is 44.5 Å². The van der Waals surface area contributed by atoms with Gasteiger partial charge in [0.15, 0.2) is 10.1 Å². The lowest BCUT2D eigenvalue weighted by molar-refractivity contribution is -0.248. The number of ether oxygens (including phenoxy) is 1. The number of nitrogens with one attached hydrogen (secondary N) is 1. The first-order chi connectivity index (χ1) is 14.1. The maximum absolute atomic E-state index is 13.6. The summed E-state index contributed by atoms with van der Waals surface area (Å²) in [6.45, 7) is 0. The Bertz CT molecular complexity index is 1090. The number of rotatable bonds is 6. The number of hydrogen-bond donors (Lipinski definition) is 1. The fourth-order valence-corrected chi connectivity index (χ4v) is 3.02. The van der Waals surface area contributed by atoms with E-state index >= 15 is 0 Å². The zero-order valence-corrected chi connectivity index (χ0v) is 17.8. The highest BCUT2D eigenvalue weighted by molar-refractivity contribution is 14.1. The Morgan fingerprint density at radius 1 is 0.968 bits per heavy atom. The summed E-state index contributed by atoms with van der Waals surface area (Å²) in [7, 11) is -6.84. The molecule has 0 bridgehead atoms. The average molecular weight is 578 g/mol. The molecule has 14 heteroatoms. The summed E-state index contributed by atoms with van der Waals surface area (Å²) in [6, 6.07) is 10.4. The molecule has 1 amide bonds. The minimum absolute atomic E-state index is 0.255. The molecule has 1 N–H and O–H groups in total. The summed E-state index contributed by atoms with van der Waals surface area (Å²) in [4.78, 5) is 24.6. The van der Waals surface area contributed by atoms with Gasteiger partial charge in [0.2, 0.25) is 0 Å². The van der Waals surface area contributed by atoms with Crippen LogP contribution in [-0.4, -0.2) is 42.4 Å². The first kappa shape index (κ1) is 24.9. The molecule has 0 spiro atoms. The fourth-order valence-electron chi connectivity index (χ4n) is 2.22. The summed E-state index contributed by atoms with van der Waals surface area (Å²) >= 11 is 1.99. The molecule has 0 aliphatic heterocycles. The molecule has 0 aliphatic carbocycles. The summed E-state index contributed by atoms with van der Waals surface area (Å²) in [5, 5.41) is -3.65. The molecule has 2 rings (SSSR count). The minimum atomic E-state index is -6.84. The van der Waals surface area contributed by atoms with Crippen LogP contribution in [0.4, 0.5) is 27.6 Å². The van der Waals surface area contributed by atoms with Crippen molar-refractivity contribution in [3.63, 3.8) is 0 Å². The highest BCUT2D eigenvalue weighted by Crippen LogP contribution is 2.38. The molecule has 0 heterocycles. The van der Waals surface area contributed by atoms with E-state index < -0.39 is 50.7 Å². The summed E-state index contributed by atoms with van der Waals surface area (Å²) in [5.74, 6) is -3.07. The zero-order chi connectivity index (χ0) is 23.6. The molecule has 1 unspecified atom stereocenters. The van der Waals surface area contributed by atoms with Crippen molar-refractivity contribution < 1.29 is 49.2 Å². The Labute approximate surface area is 185 Å². The van der Waals surface area contributed by atoms with Gasteiger partial charge in [0.1, 0.15) is 0 Å². The van der Waals surface area contributed by atoms with E-state index in [1.165, 1.54) is 18.2 Å². The quantitative estimate of drug-likeness (QED) is 0.242. The Morgan fingerprint density at radius 2 is 1.48 bits per heavy atom. The van der Waals surface area contributed by atoms with Crippen LogP contribution in [0.5, 0.6) is 0 Å². The van der Waals surface area contributed by atoms with Crippen LogP contribution in [0.3, 0.4) is 0 Å². The van der Waals surface area contributed by atoms with Gasteiger partial charge in [-0.25, -0.2) is 13.2 Å². The minimum Gasteiger partial charge on any atom is -0.743 e. The number of hydrogen-bond acceptors (Lipinski definition) is 6. The molecule has 0 radical (unpaired) electrons. The van der Waals surface area contributed by atoms with E-state index in [2.05, 4.69) is 10.1 Å². The van der Waals surface area contributed by atoms with Crippen LogP contribution in [0.15, 0.2) is 48.5 Å². The normalized spacial score (nSPS) is 13.4. The number of amides is 1. The van der Waals surface area contributed by atoms with Gasteiger partial charge in [-0.15, -0.1) is 0 Å². The van der Waals surface area contributed by atoms with Gasteiger partial charge in [0.05, 0.1) is 11.1 Å². The summed E-state index contributed by atoms with van der Waals surface area (Å²) in [6.07, 6.45) is -10.7. The molecule has 0 saturated carbocycles. The molecule has 7 nitrogen and oxygen atoms in total. The first-order valence-electron chi connectivity index (χ1n) is 7.91. The first-order valence-corrected chi connectivity index (χ1v) is 10.4. The van der Waals surface area contributed by atoms with Crippen molar-refractivity contribution in [2.24, 2.45) is 0 Å². The van der Waals surface area contributed by atoms with Crippen molar-refractivity contribution in [2.45, 2.75) is 17.5 Å². The van der Waals surface area contributed by atoms with Gasteiger partial charge in [-0.3, -0.25) is 4.79 Å². The van der Waals surface area contributed by atoms with Crippen molar-refractivity contribution in [3.8, 4) is 0 Å². The van der Waals surface area contributed by atoms with Crippen molar-refractivity contribution in [2.75, 3.05) is 5.32 Å². The van der Waals surface area contributed by atoms with Crippen LogP contribution in [0.25, 0.3) is 0 Å². The van der Waals surface area contributed by atoms with Crippen LogP contribution in [-0.2, 0) is 14.9 Å². The van der Waals surface area contributed by atoms with E-state index in [1.807, 2.05) is 22.6 Å². The van der Waals surface area contributed by atoms with Gasteiger partial charge in [0, 0.05) is 9.26 Å². The Morgan fingerprint density at radius 3 is 1.97 bits per heavy atom. The molecular formula is C17H10F5INO6S-. The predicted octanol–water partition coefficient (Wildman–Crippen LogP) is 3.77. The lowest BCUT2D eigenvalue weighted by atomic mass is 10.1. The van der Waals surface area contributed by atoms with E-state index in [0.717, 1.165) is 21.8 Å². The highest BCUT2D eigenvalue weighted by Gasteiger charge is 2.63. The summed E-state index contributed by atoms with van der Waals surface area (Å²) in [5.41, 5.74) is -1.15. The van der Waals surface area contributed by atoms with Gasteiger partial charge in [-0.05, 0) is 59.0 Å². The van der Waals surface area contributed by atoms with Crippen molar-refractivity contribution in [3.05, 3.63) is 63.2 Å². The van der Waals surface area contributed by atoms with Gasteiger partial charge >= 0.3 is 17.4 Å². The highest BCUT2D eigenvalue weighted by atomic mass is 127. The molecule has 31 heavy (non-hydrogen) atoms. The van der Waals surface area contributed by atoms with Crippen molar-refractivity contribution in [1.29, 1.82) is 0 Å². The predicted molar refractivity (Wildman–Crippen MR) is 103 cm³/mol. The zero-order valence-electron chi connectivity index (χ0n) is 14.8. The molecule has 2 aromatic carbocycles. The lowest BCUT2D eigenvalue weighted by Crippen LogP contribution is -2.52. The Balaban J connectivity index is 2.37. The maximum Gasteiger partial charge on any atom is 0.432 e. The van der Waals surface area contributed by atoms with E-state index in [0.29, 0.717) is 0 Å². The summed E-state index contributed by atoms with van der Waals surface area (Å²) < 4.78 is 102. The van der Waals surface area contributed by atoms with Gasteiger partial charge in [0.25, 0.3) is 12.0 Å². The van der Waals surface area contributed by atoms with Gasteiger partial charge in [-0.1, -0.05) is 12.1 Å². The number of benzene rings is 2. The molecule has 168 valence electrons. The second kappa shape index (κ2) is 9.04. The van der Waals surface area contributed by atoms with Crippen LogP contribution in [0.2, 0.25) is 0 Å². The van der Waals surface area contributed by atoms with E-state index in [1.54, 1.807) is 12.1 Å². The maximum atomic E-state index is 13.6. The molecule has 0 fully saturated rings. The molecule has 0 saturated heterocycles. The van der Waals surface area contributed by atoms with E-state index in [-0.39, 0.29) is 5.69 Å². The second-order valence-corrected chi connectivity index (χ2v) is 8.55. The molecular weight excluding hydrogens is 568 g/mol. The lowest BCUT2D eigenvalue weighted by Gasteiger charge is -2.29. The third kappa shape index (κ3) is 5.88. The monoisotopic (exact) mass is 578 g/mol. The van der Waals surface area contributed by atoms with Crippen molar-refractivity contribution in [1.82, 2.24) is 0 Å². The van der Waals surface area contributed by atoms with E-state index in [4.69, 9.17) is 0 Å². The number of alkyl halides is 5. The smallest absolute Gasteiger partial charge is 0.432 e. The van der Waals surface area contributed by atoms with Gasteiger partial charge in [-0.2, -0.15) is 22.0 Å². The van der Waals surface area contributed by atoms with Crippen molar-refractivity contribution >= 4 is 50.3 Å². The third-order valence-corrected chi connectivity index (χ3v) is 5.25. The Hall–Kier alpha value is -2.33. The number of esters is 1. The molecule has 0 aromatic heterocycles. The Kier molecular flexibility index (Phi) is 7.27. The van der Waals surface area contributed by atoms with Crippen LogP contribution in [0, 0.1) is 3.57 Å². The topological polar surface area (TPSA) is 113 Å². The third-order valence-electron chi connectivity index (χ3n) is 3.65. The number of carbonyl (C=O) groups excluding carboxylic acids is 2. The van der Waals surface area contributed by atoms with Crippen LogP contribution < -0.4 is 5.32 Å². The fraction of sp³-hybridized carbons (Fsp3) is 0.176. The number of carbonyl (C=O) groups is 2. The van der Waals surface area contributed by atoms with Crippen LogP contribution in [0.1, 0.15) is 20.7 Å². The van der Waals surface area contributed by atoms with Crippen LogP contribution >= 0.6 is 22.6 Å². The number of halogens is 6. The molecule has 2 aromatic rings. The number of anilines is 1. The molecule has 1 atom stereocenters. The largest absolute Gasteiger partial charge is 0.743 e. The second-order valence-electron chi connectivity index (χ2n) is 5.85. The standard InChI is InChI=1S/C17H11F5INO6S/c18-16(19,20)15(17(21,22)31(27,28)29)30-14(26)12-4-2-1-3-11(12)13(25)24-10-7-5-9(23)6-8-10/h1-8,15H,(H,24,25)(H,27,28,29)/p-1. The SMILES string of the molecule is O=C(Nc1ccc(I)cc1)c1ccccc1C(=O)OC(C(F)(F)F)C(F)(F)S(=O)(=O)[O-]. The molecule has 0 aliphatic rings. The van der Waals surface area contributed by atoms with Gasteiger partial charge < -0.3 is 14.6 Å².